The van der Waals surface area contributed by atoms with Gasteiger partial charge < -0.3 is 14.8 Å². The minimum Gasteiger partial charge on any atom is -0.340 e. The predicted octanol–water partition coefficient (Wildman–Crippen LogP) is 2.67. The molecule has 1 aromatic heterocycles. The largest absolute Gasteiger partial charge is 0.340 e. The smallest absolute Gasteiger partial charge is 0.270 e. The lowest BCUT2D eigenvalue weighted by atomic mass is 10.1. The zero-order valence-corrected chi connectivity index (χ0v) is 12.9. The first-order chi connectivity index (χ1) is 9.69. The molecule has 4 nitrogen and oxygen atoms in total. The van der Waals surface area contributed by atoms with E-state index in [-0.39, 0.29) is 5.91 Å². The Bertz CT molecular complexity index is 431. The van der Waals surface area contributed by atoms with Crippen molar-refractivity contribution in [2.24, 2.45) is 0 Å². The summed E-state index contributed by atoms with van der Waals surface area (Å²) in [6.07, 6.45) is 6.27. The van der Waals surface area contributed by atoms with Crippen molar-refractivity contribution in [3.8, 4) is 0 Å². The second-order valence-corrected chi connectivity index (χ2v) is 5.67. The molecule has 0 spiro atoms. The second kappa shape index (κ2) is 6.93. The molecule has 2 rings (SSSR count). The van der Waals surface area contributed by atoms with Crippen molar-refractivity contribution in [3.63, 3.8) is 0 Å². The van der Waals surface area contributed by atoms with Gasteiger partial charge in [0.2, 0.25) is 0 Å². The molecular weight excluding hydrogens is 250 g/mol. The number of rotatable bonds is 5. The van der Waals surface area contributed by atoms with Crippen LogP contribution in [0.1, 0.15) is 56.1 Å². The molecule has 0 atom stereocenters. The Morgan fingerprint density at radius 1 is 1.40 bits per heavy atom. The molecule has 0 saturated carbocycles. The van der Waals surface area contributed by atoms with Crippen LogP contribution in [-0.4, -0.2) is 41.6 Å². The number of piperidine rings is 1. The quantitative estimate of drug-likeness (QED) is 0.898. The Labute approximate surface area is 122 Å². The summed E-state index contributed by atoms with van der Waals surface area (Å²) in [5.41, 5.74) is 0.839. The number of aromatic nitrogens is 1. The van der Waals surface area contributed by atoms with Crippen molar-refractivity contribution < 1.29 is 4.79 Å². The summed E-state index contributed by atoms with van der Waals surface area (Å²) in [5, 5.41) is 3.38. The molecule has 0 radical (unpaired) electrons. The molecule has 20 heavy (non-hydrogen) atoms. The molecule has 1 aromatic rings. The normalized spacial score (nSPS) is 16.6. The molecule has 0 bridgehead atoms. The molecule has 1 aliphatic heterocycles. The van der Waals surface area contributed by atoms with Gasteiger partial charge in [-0.2, -0.15) is 0 Å². The molecule has 2 heterocycles. The molecule has 1 amide bonds. The van der Waals surface area contributed by atoms with Crippen LogP contribution >= 0.6 is 0 Å². The van der Waals surface area contributed by atoms with E-state index in [1.54, 1.807) is 0 Å². The van der Waals surface area contributed by atoms with E-state index in [1.807, 2.05) is 24.1 Å². The summed E-state index contributed by atoms with van der Waals surface area (Å²) in [6.45, 7) is 6.37. The maximum Gasteiger partial charge on any atom is 0.270 e. The molecular formula is C16H27N3O. The Balaban J connectivity index is 2.16. The highest BCUT2D eigenvalue weighted by Crippen LogP contribution is 2.22. The minimum atomic E-state index is 0.155. The molecule has 112 valence electrons. The van der Waals surface area contributed by atoms with Gasteiger partial charge in [-0.15, -0.1) is 0 Å². The average molecular weight is 277 g/mol. The lowest BCUT2D eigenvalue weighted by Crippen LogP contribution is -2.38. The third kappa shape index (κ3) is 3.06. The maximum absolute atomic E-state index is 12.7. The third-order valence-electron chi connectivity index (χ3n) is 4.51. The summed E-state index contributed by atoms with van der Waals surface area (Å²) in [5.74, 6) is 0.155. The van der Waals surface area contributed by atoms with Crippen molar-refractivity contribution in [3.05, 3.63) is 24.0 Å². The Hall–Kier alpha value is -1.29. The molecule has 1 aliphatic rings. The summed E-state index contributed by atoms with van der Waals surface area (Å²) >= 11 is 0. The van der Waals surface area contributed by atoms with E-state index in [1.165, 1.54) is 0 Å². The SMILES string of the molecule is CCC(CC)N(C)C(=O)c1cccn1C1CCNCC1. The first kappa shape index (κ1) is 15.1. The number of nitrogens with one attached hydrogen (secondary N) is 1. The fourth-order valence-corrected chi connectivity index (χ4v) is 3.16. The van der Waals surface area contributed by atoms with Gasteiger partial charge in [-0.1, -0.05) is 13.8 Å². The van der Waals surface area contributed by atoms with Gasteiger partial charge in [-0.05, 0) is 50.9 Å². The standard InChI is InChI=1S/C16H27N3O/c1-4-13(5-2)18(3)16(20)15-7-6-12-19(15)14-8-10-17-11-9-14/h6-7,12-14,17H,4-5,8-11H2,1-3H3. The van der Waals surface area contributed by atoms with E-state index in [9.17, 15) is 4.79 Å². The van der Waals surface area contributed by atoms with Gasteiger partial charge in [-0.25, -0.2) is 0 Å². The number of hydrogen-bond acceptors (Lipinski definition) is 2. The molecule has 4 heteroatoms. The highest BCUT2D eigenvalue weighted by atomic mass is 16.2. The van der Waals surface area contributed by atoms with E-state index < -0.39 is 0 Å². The van der Waals surface area contributed by atoms with E-state index in [0.717, 1.165) is 44.5 Å². The van der Waals surface area contributed by atoms with Crippen LogP contribution in [0.15, 0.2) is 18.3 Å². The van der Waals surface area contributed by atoms with Crippen LogP contribution in [0.4, 0.5) is 0 Å². The lowest BCUT2D eigenvalue weighted by molar-refractivity contribution is 0.0709. The number of nitrogens with zero attached hydrogens (tertiary/aromatic N) is 2. The summed E-state index contributed by atoms with van der Waals surface area (Å²) in [6, 6.07) is 4.75. The number of hydrogen-bond donors (Lipinski definition) is 1. The lowest BCUT2D eigenvalue weighted by Gasteiger charge is -2.30. The van der Waals surface area contributed by atoms with Crippen LogP contribution in [0, 0.1) is 0 Å². The van der Waals surface area contributed by atoms with Gasteiger partial charge in [0.05, 0.1) is 0 Å². The summed E-state index contributed by atoms with van der Waals surface area (Å²) < 4.78 is 2.18. The minimum absolute atomic E-state index is 0.155. The average Bonchev–Trinajstić information content (AvgIpc) is 2.98. The topological polar surface area (TPSA) is 37.3 Å². The van der Waals surface area contributed by atoms with Crippen LogP contribution in [0.3, 0.4) is 0 Å². The van der Waals surface area contributed by atoms with Gasteiger partial charge in [0.25, 0.3) is 5.91 Å². The first-order valence-corrected chi connectivity index (χ1v) is 7.83. The summed E-state index contributed by atoms with van der Waals surface area (Å²) in [4.78, 5) is 14.6. The highest BCUT2D eigenvalue weighted by Gasteiger charge is 2.24. The predicted molar refractivity (Wildman–Crippen MR) is 82.0 cm³/mol. The van der Waals surface area contributed by atoms with E-state index in [0.29, 0.717) is 12.1 Å². The molecule has 1 saturated heterocycles. The molecule has 0 aliphatic carbocycles. The van der Waals surface area contributed by atoms with Gasteiger partial charge in [0, 0.05) is 25.3 Å². The zero-order valence-electron chi connectivity index (χ0n) is 12.9. The van der Waals surface area contributed by atoms with Crippen LogP contribution in [0.5, 0.6) is 0 Å². The van der Waals surface area contributed by atoms with Crippen molar-refractivity contribution in [2.45, 2.75) is 51.6 Å². The van der Waals surface area contributed by atoms with Gasteiger partial charge in [0.1, 0.15) is 5.69 Å². The van der Waals surface area contributed by atoms with Crippen molar-refractivity contribution >= 4 is 5.91 Å². The van der Waals surface area contributed by atoms with Crippen LogP contribution in [-0.2, 0) is 0 Å². The fourth-order valence-electron chi connectivity index (χ4n) is 3.16. The van der Waals surface area contributed by atoms with Crippen molar-refractivity contribution in [1.82, 2.24) is 14.8 Å². The number of carbonyl (C=O) groups is 1. The van der Waals surface area contributed by atoms with Crippen molar-refractivity contribution in [2.75, 3.05) is 20.1 Å². The van der Waals surface area contributed by atoms with E-state index in [4.69, 9.17) is 0 Å². The monoisotopic (exact) mass is 277 g/mol. The number of amides is 1. The van der Waals surface area contributed by atoms with E-state index in [2.05, 4.69) is 29.9 Å². The molecule has 0 unspecified atom stereocenters. The Morgan fingerprint density at radius 3 is 2.65 bits per heavy atom. The number of carbonyl (C=O) groups excluding carboxylic acids is 1. The van der Waals surface area contributed by atoms with Gasteiger partial charge >= 0.3 is 0 Å². The van der Waals surface area contributed by atoms with Crippen LogP contribution < -0.4 is 5.32 Å². The Morgan fingerprint density at radius 2 is 2.05 bits per heavy atom. The van der Waals surface area contributed by atoms with E-state index >= 15 is 0 Å². The maximum atomic E-state index is 12.7. The molecule has 1 N–H and O–H groups in total. The molecule has 1 fully saturated rings. The highest BCUT2D eigenvalue weighted by molar-refractivity contribution is 5.92. The first-order valence-electron chi connectivity index (χ1n) is 7.83. The van der Waals surface area contributed by atoms with Gasteiger partial charge in [-0.3, -0.25) is 4.79 Å². The fraction of sp³-hybridized carbons (Fsp3) is 0.688. The van der Waals surface area contributed by atoms with Crippen LogP contribution in [0.25, 0.3) is 0 Å². The third-order valence-corrected chi connectivity index (χ3v) is 4.51. The second-order valence-electron chi connectivity index (χ2n) is 5.67. The Kier molecular flexibility index (Phi) is 5.24. The van der Waals surface area contributed by atoms with Crippen molar-refractivity contribution in [1.29, 1.82) is 0 Å². The zero-order chi connectivity index (χ0) is 14.5. The molecule has 0 aromatic carbocycles. The van der Waals surface area contributed by atoms with Crippen LogP contribution in [0.2, 0.25) is 0 Å². The van der Waals surface area contributed by atoms with Gasteiger partial charge in [0.15, 0.2) is 0 Å². The summed E-state index contributed by atoms with van der Waals surface area (Å²) in [7, 11) is 1.93.